The van der Waals surface area contributed by atoms with Crippen LogP contribution in [-0.2, 0) is 11.3 Å². The van der Waals surface area contributed by atoms with Gasteiger partial charge in [-0.05, 0) is 49.8 Å². The molecule has 0 aliphatic rings. The second kappa shape index (κ2) is 7.09. The van der Waals surface area contributed by atoms with Crippen molar-refractivity contribution in [2.45, 2.75) is 20.4 Å². The summed E-state index contributed by atoms with van der Waals surface area (Å²) in [6.45, 7) is 6.01. The summed E-state index contributed by atoms with van der Waals surface area (Å²) in [6.07, 6.45) is 2.81. The number of hydrogen-bond acceptors (Lipinski definition) is 3. The molecule has 1 aromatic carbocycles. The third kappa shape index (κ3) is 4.46. The van der Waals surface area contributed by atoms with E-state index in [2.05, 4.69) is 49.1 Å². The monoisotopic (exact) mass is 301 g/mol. The molecule has 2 aromatic rings. The molecule has 0 spiro atoms. The minimum Gasteiger partial charge on any atom is -0.478 e. The molecule has 1 N–H and O–H groups in total. The lowest BCUT2D eigenvalue weighted by Gasteiger charge is -2.22. The van der Waals surface area contributed by atoms with E-state index in [-0.39, 0.29) is 0 Å². The highest BCUT2D eigenvalue weighted by Gasteiger charge is 2.07. The summed E-state index contributed by atoms with van der Waals surface area (Å²) in [5, 5.41) is 8.65. The number of nitrogens with zero attached hydrogens (tertiary/aromatic N) is 1. The zero-order chi connectivity index (χ0) is 15.2. The van der Waals surface area contributed by atoms with E-state index >= 15 is 0 Å². The van der Waals surface area contributed by atoms with Crippen molar-refractivity contribution in [3.8, 4) is 0 Å². The van der Waals surface area contributed by atoms with Gasteiger partial charge < -0.3 is 10.0 Å². The van der Waals surface area contributed by atoms with E-state index in [0.29, 0.717) is 0 Å². The predicted molar refractivity (Wildman–Crippen MR) is 88.9 cm³/mol. The topological polar surface area (TPSA) is 40.5 Å². The van der Waals surface area contributed by atoms with Gasteiger partial charge in [0.25, 0.3) is 0 Å². The van der Waals surface area contributed by atoms with E-state index in [0.717, 1.165) is 18.0 Å². The molecule has 0 aliphatic carbocycles. The van der Waals surface area contributed by atoms with Crippen LogP contribution in [0.25, 0.3) is 6.08 Å². The molecule has 110 valence electrons. The Kier molecular flexibility index (Phi) is 5.17. The zero-order valence-corrected chi connectivity index (χ0v) is 13.1. The van der Waals surface area contributed by atoms with Gasteiger partial charge in [-0.1, -0.05) is 12.1 Å². The third-order valence-electron chi connectivity index (χ3n) is 3.17. The van der Waals surface area contributed by atoms with Gasteiger partial charge in [0.05, 0.1) is 6.54 Å². The van der Waals surface area contributed by atoms with Gasteiger partial charge in [-0.3, -0.25) is 0 Å². The van der Waals surface area contributed by atoms with E-state index in [1.54, 1.807) is 17.4 Å². The summed E-state index contributed by atoms with van der Waals surface area (Å²) in [5.74, 6) is -0.917. The quantitative estimate of drug-likeness (QED) is 0.814. The molecular weight excluding hydrogens is 282 g/mol. The van der Waals surface area contributed by atoms with Crippen LogP contribution in [-0.4, -0.2) is 17.6 Å². The van der Waals surface area contributed by atoms with Crippen LogP contribution in [0.1, 0.15) is 22.2 Å². The second-order valence-electron chi connectivity index (χ2n) is 4.83. The van der Waals surface area contributed by atoms with E-state index in [9.17, 15) is 4.79 Å². The molecule has 0 aliphatic heterocycles. The number of carboxylic acids is 1. The minimum absolute atomic E-state index is 0.839. The van der Waals surface area contributed by atoms with Crippen molar-refractivity contribution in [1.29, 1.82) is 0 Å². The number of thiophene rings is 1. The molecule has 0 saturated heterocycles. The van der Waals surface area contributed by atoms with Gasteiger partial charge in [0, 0.05) is 28.1 Å². The van der Waals surface area contributed by atoms with Crippen LogP contribution >= 0.6 is 11.3 Å². The fraction of sp³-hybridized carbons (Fsp3) is 0.235. The maximum atomic E-state index is 10.5. The molecule has 1 heterocycles. The third-order valence-corrected chi connectivity index (χ3v) is 4.20. The summed E-state index contributed by atoms with van der Waals surface area (Å²) < 4.78 is 0. The second-order valence-corrected chi connectivity index (χ2v) is 6.03. The molecule has 4 heteroatoms. The van der Waals surface area contributed by atoms with E-state index in [4.69, 9.17) is 5.11 Å². The van der Waals surface area contributed by atoms with Gasteiger partial charge in [0.2, 0.25) is 0 Å². The molecule has 0 unspecified atom stereocenters. The zero-order valence-electron chi connectivity index (χ0n) is 12.2. The fourth-order valence-electron chi connectivity index (χ4n) is 2.12. The molecule has 0 atom stereocenters. The molecular formula is C17H19NO2S. The molecule has 1 aromatic heterocycles. The van der Waals surface area contributed by atoms with Crippen LogP contribution < -0.4 is 4.90 Å². The van der Waals surface area contributed by atoms with Crippen LogP contribution in [0, 0.1) is 6.92 Å². The number of aryl methyl sites for hydroxylation is 1. The summed E-state index contributed by atoms with van der Waals surface area (Å²) in [4.78, 5) is 15.0. The van der Waals surface area contributed by atoms with E-state index < -0.39 is 5.97 Å². The summed E-state index contributed by atoms with van der Waals surface area (Å²) in [5.41, 5.74) is 2.47. The number of carboxylic acid groups (broad SMARTS) is 1. The predicted octanol–water partition coefficient (Wildman–Crippen LogP) is 4.18. The van der Waals surface area contributed by atoms with Crippen LogP contribution in [0.15, 0.2) is 42.5 Å². The normalized spacial score (nSPS) is 11.0. The molecule has 21 heavy (non-hydrogen) atoms. The lowest BCUT2D eigenvalue weighted by Crippen LogP contribution is -2.21. The van der Waals surface area contributed by atoms with Crippen molar-refractivity contribution in [2.24, 2.45) is 0 Å². The number of anilines is 1. The van der Waals surface area contributed by atoms with Crippen molar-refractivity contribution in [3.05, 3.63) is 57.8 Å². The number of hydrogen-bond donors (Lipinski definition) is 1. The van der Waals surface area contributed by atoms with Gasteiger partial charge in [-0.15, -0.1) is 11.3 Å². The lowest BCUT2D eigenvalue weighted by molar-refractivity contribution is -0.131. The highest BCUT2D eigenvalue weighted by atomic mass is 32.1. The Balaban J connectivity index is 2.10. The van der Waals surface area contributed by atoms with Gasteiger partial charge in [-0.25, -0.2) is 4.79 Å². The average molecular weight is 301 g/mol. The van der Waals surface area contributed by atoms with Gasteiger partial charge in [0.1, 0.15) is 0 Å². The Morgan fingerprint density at radius 1 is 1.33 bits per heavy atom. The fourth-order valence-corrected chi connectivity index (χ4v) is 3.05. The van der Waals surface area contributed by atoms with Crippen molar-refractivity contribution >= 4 is 29.1 Å². The van der Waals surface area contributed by atoms with Crippen LogP contribution in [0.3, 0.4) is 0 Å². The average Bonchev–Trinajstić information content (AvgIpc) is 2.90. The standard InChI is InChI=1S/C17H19NO2S/c1-3-18(14-6-4-5-13(2)11-14)12-16-8-7-15(21-16)9-10-17(19)20/h4-11H,3,12H2,1-2H3,(H,19,20). The SMILES string of the molecule is CCN(Cc1ccc(C=CC(=O)O)s1)c1cccc(C)c1. The molecule has 0 radical (unpaired) electrons. The van der Waals surface area contributed by atoms with Gasteiger partial charge in [-0.2, -0.15) is 0 Å². The first kappa shape index (κ1) is 15.3. The van der Waals surface area contributed by atoms with E-state index in [1.807, 2.05) is 6.07 Å². The van der Waals surface area contributed by atoms with Crippen molar-refractivity contribution in [1.82, 2.24) is 0 Å². The first-order chi connectivity index (χ1) is 10.1. The highest BCUT2D eigenvalue weighted by molar-refractivity contribution is 7.12. The molecule has 0 amide bonds. The summed E-state index contributed by atoms with van der Waals surface area (Å²) >= 11 is 1.63. The Hall–Kier alpha value is -2.07. The smallest absolute Gasteiger partial charge is 0.328 e. The molecule has 0 saturated carbocycles. The Morgan fingerprint density at radius 2 is 2.14 bits per heavy atom. The van der Waals surface area contributed by atoms with Crippen molar-refractivity contribution in [3.63, 3.8) is 0 Å². The lowest BCUT2D eigenvalue weighted by atomic mass is 10.2. The molecule has 0 bridgehead atoms. The number of rotatable bonds is 6. The summed E-state index contributed by atoms with van der Waals surface area (Å²) in [6, 6.07) is 12.5. The first-order valence-electron chi connectivity index (χ1n) is 6.90. The van der Waals surface area contributed by atoms with E-state index in [1.165, 1.54) is 22.2 Å². The molecule has 2 rings (SSSR count). The number of benzene rings is 1. The van der Waals surface area contributed by atoms with Crippen LogP contribution in [0.4, 0.5) is 5.69 Å². The van der Waals surface area contributed by atoms with Gasteiger partial charge in [0.15, 0.2) is 0 Å². The van der Waals surface area contributed by atoms with Gasteiger partial charge >= 0.3 is 5.97 Å². The Morgan fingerprint density at radius 3 is 2.81 bits per heavy atom. The molecule has 0 fully saturated rings. The number of aliphatic carboxylic acids is 1. The molecule has 3 nitrogen and oxygen atoms in total. The Labute approximate surface area is 129 Å². The number of carbonyl (C=O) groups is 1. The van der Waals surface area contributed by atoms with Crippen LogP contribution in [0.5, 0.6) is 0 Å². The Bertz CT molecular complexity index is 646. The van der Waals surface area contributed by atoms with Crippen molar-refractivity contribution < 1.29 is 9.90 Å². The first-order valence-corrected chi connectivity index (χ1v) is 7.71. The maximum Gasteiger partial charge on any atom is 0.328 e. The minimum atomic E-state index is -0.917. The van der Waals surface area contributed by atoms with Crippen molar-refractivity contribution in [2.75, 3.05) is 11.4 Å². The summed E-state index contributed by atoms with van der Waals surface area (Å²) in [7, 11) is 0. The highest BCUT2D eigenvalue weighted by Crippen LogP contribution is 2.23. The maximum absolute atomic E-state index is 10.5. The largest absolute Gasteiger partial charge is 0.478 e. The van der Waals surface area contributed by atoms with Crippen LogP contribution in [0.2, 0.25) is 0 Å².